The zero-order valence-corrected chi connectivity index (χ0v) is 12.0. The molecule has 0 amide bonds. The molecule has 0 atom stereocenters. The van der Waals surface area contributed by atoms with Crippen molar-refractivity contribution < 1.29 is 19.0 Å². The highest BCUT2D eigenvalue weighted by Crippen LogP contribution is 2.29. The van der Waals surface area contributed by atoms with Crippen molar-refractivity contribution in [1.82, 2.24) is 0 Å². The van der Waals surface area contributed by atoms with Gasteiger partial charge in [0.2, 0.25) is 0 Å². The predicted octanol–water partition coefficient (Wildman–Crippen LogP) is 3.55. The van der Waals surface area contributed by atoms with E-state index in [1.807, 2.05) is 6.92 Å². The number of rotatable bonds is 6. The number of hydrogen-bond acceptors (Lipinski definition) is 4. The molecule has 21 heavy (non-hydrogen) atoms. The van der Waals surface area contributed by atoms with Crippen LogP contribution >= 0.6 is 0 Å². The molecule has 2 aromatic carbocycles. The Morgan fingerprint density at radius 3 is 2.67 bits per heavy atom. The number of phenols is 1. The van der Waals surface area contributed by atoms with Gasteiger partial charge in [0.05, 0.1) is 19.4 Å². The van der Waals surface area contributed by atoms with Crippen molar-refractivity contribution in [2.24, 2.45) is 0 Å². The number of benzene rings is 2. The number of phenolic OH excluding ortho intramolecular Hbond substituents is 1. The number of halogens is 1. The van der Waals surface area contributed by atoms with Crippen LogP contribution < -0.4 is 14.8 Å². The lowest BCUT2D eigenvalue weighted by Gasteiger charge is -2.12. The summed E-state index contributed by atoms with van der Waals surface area (Å²) in [6, 6.07) is 9.46. The monoisotopic (exact) mass is 291 g/mol. The van der Waals surface area contributed by atoms with Crippen LogP contribution in [0.15, 0.2) is 36.4 Å². The van der Waals surface area contributed by atoms with Gasteiger partial charge in [0, 0.05) is 12.6 Å². The Hall–Kier alpha value is -2.43. The van der Waals surface area contributed by atoms with E-state index in [4.69, 9.17) is 9.47 Å². The van der Waals surface area contributed by atoms with Crippen molar-refractivity contribution in [2.75, 3.05) is 19.0 Å². The zero-order chi connectivity index (χ0) is 15.2. The molecule has 2 rings (SSSR count). The third kappa shape index (κ3) is 3.78. The standard InChI is InChI=1S/C16H18FNO3/c1-3-21-16-8-11(4-7-14(16)19)10-18-13-6-5-12(17)9-15(13)20-2/h4-9,18-19H,3,10H2,1-2H3. The zero-order valence-electron chi connectivity index (χ0n) is 12.0. The average molecular weight is 291 g/mol. The molecule has 0 fully saturated rings. The van der Waals surface area contributed by atoms with E-state index in [0.717, 1.165) is 5.56 Å². The molecule has 0 bridgehead atoms. The molecule has 0 saturated carbocycles. The smallest absolute Gasteiger partial charge is 0.161 e. The number of methoxy groups -OCH3 is 1. The van der Waals surface area contributed by atoms with Gasteiger partial charge < -0.3 is 19.9 Å². The quantitative estimate of drug-likeness (QED) is 0.854. The van der Waals surface area contributed by atoms with Crippen LogP contribution in [-0.4, -0.2) is 18.8 Å². The van der Waals surface area contributed by atoms with Crippen LogP contribution in [0.5, 0.6) is 17.2 Å². The molecule has 2 N–H and O–H groups in total. The van der Waals surface area contributed by atoms with Crippen molar-refractivity contribution in [3.05, 3.63) is 47.8 Å². The Morgan fingerprint density at radius 1 is 1.14 bits per heavy atom. The molecule has 0 unspecified atom stereocenters. The number of aromatic hydroxyl groups is 1. The summed E-state index contributed by atoms with van der Waals surface area (Å²) in [5, 5.41) is 12.8. The van der Waals surface area contributed by atoms with E-state index in [-0.39, 0.29) is 11.6 Å². The lowest BCUT2D eigenvalue weighted by Crippen LogP contribution is -2.02. The van der Waals surface area contributed by atoms with Gasteiger partial charge in [-0.1, -0.05) is 6.07 Å². The van der Waals surface area contributed by atoms with E-state index in [1.54, 1.807) is 24.3 Å². The first-order valence-corrected chi connectivity index (χ1v) is 6.66. The highest BCUT2D eigenvalue weighted by Gasteiger charge is 2.06. The molecule has 0 aromatic heterocycles. The normalized spacial score (nSPS) is 10.2. The molecule has 0 aliphatic carbocycles. The third-order valence-electron chi connectivity index (χ3n) is 2.97. The van der Waals surface area contributed by atoms with E-state index < -0.39 is 0 Å². The van der Waals surface area contributed by atoms with Gasteiger partial charge >= 0.3 is 0 Å². The van der Waals surface area contributed by atoms with Gasteiger partial charge in [-0.05, 0) is 36.8 Å². The predicted molar refractivity (Wildman–Crippen MR) is 79.6 cm³/mol. The summed E-state index contributed by atoms with van der Waals surface area (Å²) in [5.41, 5.74) is 1.63. The number of anilines is 1. The summed E-state index contributed by atoms with van der Waals surface area (Å²) < 4.78 is 23.6. The molecule has 0 radical (unpaired) electrons. The first-order valence-electron chi connectivity index (χ1n) is 6.66. The Labute approximate surface area is 123 Å². The second-order valence-electron chi connectivity index (χ2n) is 4.43. The van der Waals surface area contributed by atoms with Crippen LogP contribution in [0.3, 0.4) is 0 Å². The van der Waals surface area contributed by atoms with Crippen molar-refractivity contribution in [3.8, 4) is 17.2 Å². The molecule has 0 aliphatic rings. The minimum Gasteiger partial charge on any atom is -0.504 e. The molecule has 0 heterocycles. The molecule has 2 aromatic rings. The second kappa shape index (κ2) is 6.83. The Morgan fingerprint density at radius 2 is 1.95 bits per heavy atom. The first kappa shape index (κ1) is 15.0. The van der Waals surface area contributed by atoms with Gasteiger partial charge in [-0.3, -0.25) is 0 Å². The van der Waals surface area contributed by atoms with E-state index in [2.05, 4.69) is 5.32 Å². The minimum atomic E-state index is -0.347. The fourth-order valence-electron chi connectivity index (χ4n) is 1.95. The van der Waals surface area contributed by atoms with Crippen LogP contribution in [0.1, 0.15) is 12.5 Å². The van der Waals surface area contributed by atoms with Gasteiger partial charge in [-0.2, -0.15) is 0 Å². The van der Waals surface area contributed by atoms with Crippen LogP contribution in [0.25, 0.3) is 0 Å². The second-order valence-corrected chi connectivity index (χ2v) is 4.43. The topological polar surface area (TPSA) is 50.7 Å². The fraction of sp³-hybridized carbons (Fsp3) is 0.250. The highest BCUT2D eigenvalue weighted by molar-refractivity contribution is 5.57. The van der Waals surface area contributed by atoms with Crippen LogP contribution in [0.2, 0.25) is 0 Å². The summed E-state index contributed by atoms with van der Waals surface area (Å²) in [7, 11) is 1.49. The van der Waals surface area contributed by atoms with Crippen LogP contribution in [0, 0.1) is 5.82 Å². The van der Waals surface area contributed by atoms with Gasteiger partial charge in [-0.15, -0.1) is 0 Å². The summed E-state index contributed by atoms with van der Waals surface area (Å²) in [5.74, 6) is 0.655. The van der Waals surface area contributed by atoms with Crippen molar-refractivity contribution in [2.45, 2.75) is 13.5 Å². The fourth-order valence-corrected chi connectivity index (χ4v) is 1.95. The molecule has 5 heteroatoms. The van der Waals surface area contributed by atoms with Crippen molar-refractivity contribution >= 4 is 5.69 Å². The van der Waals surface area contributed by atoms with E-state index in [1.165, 1.54) is 19.2 Å². The van der Waals surface area contributed by atoms with Crippen LogP contribution in [-0.2, 0) is 6.54 Å². The summed E-state index contributed by atoms with van der Waals surface area (Å²) >= 11 is 0. The van der Waals surface area contributed by atoms with E-state index in [0.29, 0.717) is 30.3 Å². The Balaban J connectivity index is 2.11. The lowest BCUT2D eigenvalue weighted by molar-refractivity contribution is 0.318. The molecule has 0 spiro atoms. The van der Waals surface area contributed by atoms with Gasteiger partial charge in [0.15, 0.2) is 11.5 Å². The highest BCUT2D eigenvalue weighted by atomic mass is 19.1. The molecular weight excluding hydrogens is 273 g/mol. The SMILES string of the molecule is CCOc1cc(CNc2ccc(F)cc2OC)ccc1O. The van der Waals surface area contributed by atoms with Crippen LogP contribution in [0.4, 0.5) is 10.1 Å². The van der Waals surface area contributed by atoms with Crippen molar-refractivity contribution in [3.63, 3.8) is 0 Å². The molecule has 112 valence electrons. The number of nitrogens with one attached hydrogen (secondary N) is 1. The van der Waals surface area contributed by atoms with E-state index >= 15 is 0 Å². The Bertz CT molecular complexity index is 616. The molecular formula is C16H18FNO3. The largest absolute Gasteiger partial charge is 0.504 e. The summed E-state index contributed by atoms with van der Waals surface area (Å²) in [6.45, 7) is 2.84. The van der Waals surface area contributed by atoms with Gasteiger partial charge in [-0.25, -0.2) is 4.39 Å². The Kier molecular flexibility index (Phi) is 4.87. The summed E-state index contributed by atoms with van der Waals surface area (Å²) in [4.78, 5) is 0. The first-order chi connectivity index (χ1) is 10.1. The minimum absolute atomic E-state index is 0.111. The maximum atomic E-state index is 13.1. The maximum absolute atomic E-state index is 13.1. The van der Waals surface area contributed by atoms with Gasteiger partial charge in [0.25, 0.3) is 0 Å². The lowest BCUT2D eigenvalue weighted by atomic mass is 10.2. The maximum Gasteiger partial charge on any atom is 0.161 e. The van der Waals surface area contributed by atoms with Crippen molar-refractivity contribution in [1.29, 1.82) is 0 Å². The average Bonchev–Trinajstić information content (AvgIpc) is 2.49. The van der Waals surface area contributed by atoms with Gasteiger partial charge in [0.1, 0.15) is 11.6 Å². The van der Waals surface area contributed by atoms with E-state index in [9.17, 15) is 9.50 Å². The number of hydrogen-bond donors (Lipinski definition) is 2. The molecule has 0 saturated heterocycles. The number of ether oxygens (including phenoxy) is 2. The third-order valence-corrected chi connectivity index (χ3v) is 2.97. The summed E-state index contributed by atoms with van der Waals surface area (Å²) in [6.07, 6.45) is 0. The molecule has 4 nitrogen and oxygen atoms in total. The molecule has 0 aliphatic heterocycles.